The summed E-state index contributed by atoms with van der Waals surface area (Å²) in [5.74, 6) is 5.89. The number of carbonyl (C=O) groups excluding carboxylic acids is 1. The number of hydrogen-bond donors (Lipinski definition) is 2. The molecule has 1 amide bonds. The van der Waals surface area contributed by atoms with Gasteiger partial charge in [-0.25, -0.2) is 5.84 Å². The molecule has 0 bridgehead atoms. The van der Waals surface area contributed by atoms with Crippen molar-refractivity contribution in [2.45, 2.75) is 37.5 Å². The summed E-state index contributed by atoms with van der Waals surface area (Å²) in [5.41, 5.74) is 2.14. The summed E-state index contributed by atoms with van der Waals surface area (Å²) in [6.07, 6.45) is 3.20. The number of hydrogen-bond acceptors (Lipinski definition) is 4. The molecule has 0 aromatic heterocycles. The summed E-state index contributed by atoms with van der Waals surface area (Å²) >= 11 is 1.78. The fourth-order valence-corrected chi connectivity index (χ4v) is 2.50. The Balaban J connectivity index is 2.07. The fraction of sp³-hybridized carbons (Fsp3) is 0.889. The predicted octanol–water partition coefficient (Wildman–Crippen LogP) is 0.667. The maximum atomic E-state index is 10.9. The molecule has 2 unspecified atom stereocenters. The Morgan fingerprint density at radius 3 is 3.14 bits per heavy atom. The van der Waals surface area contributed by atoms with Gasteiger partial charge in [0.25, 0.3) is 0 Å². The molecule has 2 atom stereocenters. The first-order valence-corrected chi connectivity index (χ1v) is 6.00. The van der Waals surface area contributed by atoms with Gasteiger partial charge in [0.1, 0.15) is 0 Å². The lowest BCUT2D eigenvalue weighted by atomic mass is 10.3. The van der Waals surface area contributed by atoms with E-state index in [-0.39, 0.29) is 5.91 Å². The van der Waals surface area contributed by atoms with Crippen LogP contribution in [-0.2, 0) is 9.53 Å². The highest BCUT2D eigenvalue weighted by Gasteiger charge is 2.17. The maximum Gasteiger partial charge on any atom is 0.234 e. The monoisotopic (exact) mass is 218 g/mol. The first kappa shape index (κ1) is 11.8. The zero-order valence-electron chi connectivity index (χ0n) is 8.49. The van der Waals surface area contributed by atoms with Crippen LogP contribution in [0.2, 0.25) is 0 Å². The molecule has 1 fully saturated rings. The Morgan fingerprint density at radius 1 is 1.79 bits per heavy atom. The van der Waals surface area contributed by atoms with Gasteiger partial charge < -0.3 is 4.74 Å². The van der Waals surface area contributed by atoms with Gasteiger partial charge in [0.05, 0.1) is 6.10 Å². The van der Waals surface area contributed by atoms with Crippen LogP contribution in [0.5, 0.6) is 0 Å². The lowest BCUT2D eigenvalue weighted by Crippen LogP contribution is -2.31. The molecule has 0 aromatic carbocycles. The Hall–Kier alpha value is -0.260. The average molecular weight is 218 g/mol. The van der Waals surface area contributed by atoms with Crippen LogP contribution in [0.4, 0.5) is 0 Å². The van der Waals surface area contributed by atoms with Crippen molar-refractivity contribution in [3.05, 3.63) is 0 Å². The number of ether oxygens (including phenoxy) is 1. The first-order valence-electron chi connectivity index (χ1n) is 4.95. The molecule has 1 aliphatic rings. The minimum absolute atomic E-state index is 0.0997. The number of amides is 1. The van der Waals surface area contributed by atoms with E-state index in [1.807, 2.05) is 6.92 Å². The molecule has 0 saturated carbocycles. The summed E-state index contributed by atoms with van der Waals surface area (Å²) in [4.78, 5) is 10.9. The van der Waals surface area contributed by atoms with Crippen molar-refractivity contribution in [1.29, 1.82) is 0 Å². The highest BCUT2D eigenvalue weighted by molar-refractivity contribution is 7.99. The van der Waals surface area contributed by atoms with E-state index in [1.54, 1.807) is 11.8 Å². The van der Waals surface area contributed by atoms with Crippen LogP contribution in [0.15, 0.2) is 0 Å². The Morgan fingerprint density at radius 2 is 2.57 bits per heavy atom. The Bertz CT molecular complexity index is 184. The second kappa shape index (κ2) is 6.27. The zero-order valence-corrected chi connectivity index (χ0v) is 9.31. The van der Waals surface area contributed by atoms with Gasteiger partial charge in [-0.2, -0.15) is 11.8 Å². The molecule has 0 aromatic rings. The van der Waals surface area contributed by atoms with Crippen LogP contribution < -0.4 is 11.3 Å². The van der Waals surface area contributed by atoms with Crippen LogP contribution in [0.3, 0.4) is 0 Å². The van der Waals surface area contributed by atoms with Gasteiger partial charge in [0.15, 0.2) is 0 Å². The van der Waals surface area contributed by atoms with Gasteiger partial charge in [-0.1, -0.05) is 6.92 Å². The van der Waals surface area contributed by atoms with E-state index in [9.17, 15) is 4.79 Å². The Kier molecular flexibility index (Phi) is 5.29. The SMILES string of the molecule is CC(CC(=O)NN)SCC1CCCO1. The van der Waals surface area contributed by atoms with Gasteiger partial charge in [0.2, 0.25) is 5.91 Å². The molecule has 0 radical (unpaired) electrons. The second-order valence-corrected chi connectivity index (χ2v) is 5.02. The summed E-state index contributed by atoms with van der Waals surface area (Å²) in [6.45, 7) is 2.93. The van der Waals surface area contributed by atoms with Gasteiger partial charge in [0, 0.05) is 24.0 Å². The highest BCUT2D eigenvalue weighted by atomic mass is 32.2. The number of carbonyl (C=O) groups is 1. The topological polar surface area (TPSA) is 64.4 Å². The smallest absolute Gasteiger partial charge is 0.234 e. The molecule has 14 heavy (non-hydrogen) atoms. The Labute approximate surface area is 88.9 Å². The molecular formula is C9H18N2O2S. The fourth-order valence-electron chi connectivity index (χ4n) is 1.43. The quantitative estimate of drug-likeness (QED) is 0.404. The average Bonchev–Trinajstić information content (AvgIpc) is 2.67. The number of thioether (sulfide) groups is 1. The largest absolute Gasteiger partial charge is 0.377 e. The molecule has 1 rings (SSSR count). The number of hydrazine groups is 1. The number of nitrogens with two attached hydrogens (primary N) is 1. The van der Waals surface area contributed by atoms with Crippen molar-refractivity contribution in [3.63, 3.8) is 0 Å². The normalized spacial score (nSPS) is 23.4. The third kappa shape index (κ3) is 4.30. The van der Waals surface area contributed by atoms with E-state index >= 15 is 0 Å². The van der Waals surface area contributed by atoms with Crippen molar-refractivity contribution in [3.8, 4) is 0 Å². The summed E-state index contributed by atoms with van der Waals surface area (Å²) in [7, 11) is 0. The highest BCUT2D eigenvalue weighted by Crippen LogP contribution is 2.21. The lowest BCUT2D eigenvalue weighted by molar-refractivity contribution is -0.121. The molecule has 5 heteroatoms. The van der Waals surface area contributed by atoms with E-state index in [4.69, 9.17) is 10.6 Å². The van der Waals surface area contributed by atoms with E-state index < -0.39 is 0 Å². The molecule has 0 spiro atoms. The van der Waals surface area contributed by atoms with Crippen LogP contribution in [0, 0.1) is 0 Å². The molecule has 82 valence electrons. The summed E-state index contributed by atoms with van der Waals surface area (Å²) in [6, 6.07) is 0. The standard InChI is InChI=1S/C9H18N2O2S/c1-7(5-9(12)11-10)14-6-8-3-2-4-13-8/h7-8H,2-6,10H2,1H3,(H,11,12). The third-order valence-electron chi connectivity index (χ3n) is 2.22. The van der Waals surface area contributed by atoms with Crippen molar-refractivity contribution in [2.24, 2.45) is 5.84 Å². The van der Waals surface area contributed by atoms with Crippen molar-refractivity contribution in [2.75, 3.05) is 12.4 Å². The van der Waals surface area contributed by atoms with E-state index in [1.165, 1.54) is 6.42 Å². The van der Waals surface area contributed by atoms with Crippen LogP contribution in [-0.4, -0.2) is 29.6 Å². The maximum absolute atomic E-state index is 10.9. The first-order chi connectivity index (χ1) is 6.72. The van der Waals surface area contributed by atoms with E-state index in [0.717, 1.165) is 18.8 Å². The molecule has 1 saturated heterocycles. The van der Waals surface area contributed by atoms with Crippen molar-refractivity contribution < 1.29 is 9.53 Å². The molecule has 0 aliphatic carbocycles. The van der Waals surface area contributed by atoms with Gasteiger partial charge in [-0.05, 0) is 12.8 Å². The summed E-state index contributed by atoms with van der Waals surface area (Å²) in [5, 5.41) is 0.308. The summed E-state index contributed by atoms with van der Waals surface area (Å²) < 4.78 is 5.49. The predicted molar refractivity (Wildman–Crippen MR) is 57.8 cm³/mol. The van der Waals surface area contributed by atoms with Crippen LogP contribution in [0.25, 0.3) is 0 Å². The molecule has 1 aliphatic heterocycles. The van der Waals surface area contributed by atoms with Gasteiger partial charge >= 0.3 is 0 Å². The zero-order chi connectivity index (χ0) is 10.4. The lowest BCUT2D eigenvalue weighted by Gasteiger charge is -2.13. The van der Waals surface area contributed by atoms with E-state index in [2.05, 4.69) is 5.43 Å². The van der Waals surface area contributed by atoms with E-state index in [0.29, 0.717) is 17.8 Å². The molecular weight excluding hydrogens is 200 g/mol. The second-order valence-electron chi connectivity index (χ2n) is 3.55. The van der Waals surface area contributed by atoms with Crippen molar-refractivity contribution >= 4 is 17.7 Å². The number of nitrogens with one attached hydrogen (secondary N) is 1. The molecule has 3 N–H and O–H groups in total. The van der Waals surface area contributed by atoms with Crippen molar-refractivity contribution in [1.82, 2.24) is 5.43 Å². The third-order valence-corrected chi connectivity index (χ3v) is 3.52. The number of rotatable bonds is 5. The molecule has 4 nitrogen and oxygen atoms in total. The molecule has 1 heterocycles. The minimum Gasteiger partial charge on any atom is -0.377 e. The van der Waals surface area contributed by atoms with Crippen LogP contribution >= 0.6 is 11.8 Å². The minimum atomic E-state index is -0.0997. The van der Waals surface area contributed by atoms with Gasteiger partial charge in [-0.15, -0.1) is 0 Å². The van der Waals surface area contributed by atoms with Crippen LogP contribution in [0.1, 0.15) is 26.2 Å². The van der Waals surface area contributed by atoms with Gasteiger partial charge in [-0.3, -0.25) is 10.2 Å².